The summed E-state index contributed by atoms with van der Waals surface area (Å²) >= 11 is 1.18. The Labute approximate surface area is 229 Å². The lowest BCUT2D eigenvalue weighted by molar-refractivity contribution is -0.137. The Bertz CT molecular complexity index is 1810. The highest BCUT2D eigenvalue weighted by Crippen LogP contribution is 2.32. The molecule has 5 aromatic heterocycles. The zero-order chi connectivity index (χ0) is 28.1. The van der Waals surface area contributed by atoms with Crippen LogP contribution in [0.3, 0.4) is 0 Å². The van der Waals surface area contributed by atoms with E-state index in [4.69, 9.17) is 5.73 Å². The number of carbonyl (C=O) groups excluding carboxylic acids is 3. The third kappa shape index (κ3) is 4.64. The van der Waals surface area contributed by atoms with Gasteiger partial charge < -0.3 is 16.0 Å². The molecule has 15 heteroatoms. The molecule has 1 fully saturated rings. The summed E-state index contributed by atoms with van der Waals surface area (Å²) in [5.41, 5.74) is 8.61. The van der Waals surface area contributed by atoms with Crippen LogP contribution in [-0.2, 0) is 16.1 Å². The van der Waals surface area contributed by atoms with Crippen molar-refractivity contribution in [2.45, 2.75) is 39.0 Å². The molecule has 1 aliphatic rings. The molecule has 0 radical (unpaired) electrons. The predicted octanol–water partition coefficient (Wildman–Crippen LogP) is 1.89. The third-order valence-electron chi connectivity index (χ3n) is 6.50. The molecule has 0 saturated carbocycles. The first-order chi connectivity index (χ1) is 19.2. The van der Waals surface area contributed by atoms with Crippen molar-refractivity contribution in [2.24, 2.45) is 5.73 Å². The van der Waals surface area contributed by atoms with Gasteiger partial charge in [0, 0.05) is 36.1 Å². The van der Waals surface area contributed by atoms with E-state index in [9.17, 15) is 18.8 Å². The van der Waals surface area contributed by atoms with Gasteiger partial charge in [0.25, 0.3) is 5.91 Å². The van der Waals surface area contributed by atoms with Crippen molar-refractivity contribution in [3.63, 3.8) is 0 Å². The van der Waals surface area contributed by atoms with E-state index < -0.39 is 29.9 Å². The molecule has 0 bridgehead atoms. The van der Waals surface area contributed by atoms with E-state index in [-0.39, 0.29) is 30.9 Å². The second-order valence-electron chi connectivity index (χ2n) is 9.52. The normalized spacial score (nSPS) is 17.1. The van der Waals surface area contributed by atoms with E-state index in [0.29, 0.717) is 32.4 Å². The molecule has 1 saturated heterocycles. The van der Waals surface area contributed by atoms with Crippen molar-refractivity contribution in [3.05, 3.63) is 53.7 Å². The fourth-order valence-corrected chi connectivity index (χ4v) is 5.73. The molecule has 3 amide bonds. The number of hydrogen-bond donors (Lipinski definition) is 2. The van der Waals surface area contributed by atoms with Gasteiger partial charge in [-0.1, -0.05) is 6.07 Å². The second-order valence-corrected chi connectivity index (χ2v) is 10.5. The van der Waals surface area contributed by atoms with E-state index in [2.05, 4.69) is 30.5 Å². The second kappa shape index (κ2) is 9.75. The number of amides is 3. The standard InChI is InChI=1S/C25H23FN10O3S/c1-12-4-3-5-17(29-12)30-24(39)16-7-15(26)10-34(16)19(37)11-36-23-21(20(33-36)22(27)38)40-25(31-23)14-8-28-18-6-13(2)32-35(18)9-14/h3-6,8-9,15-16H,7,10-11H2,1-2H3,(H2,27,38)(H,29,30,39)/t15-,16+/m1/s1. The number of nitrogens with two attached hydrogens (primary N) is 1. The molecule has 5 aromatic rings. The molecular formula is C25H23FN10O3S. The lowest BCUT2D eigenvalue weighted by atomic mass is 10.2. The summed E-state index contributed by atoms with van der Waals surface area (Å²) in [5, 5.41) is 11.8. The Morgan fingerprint density at radius 2 is 2.00 bits per heavy atom. The molecule has 3 N–H and O–H groups in total. The first-order valence-electron chi connectivity index (χ1n) is 12.3. The van der Waals surface area contributed by atoms with Gasteiger partial charge in [-0.05, 0) is 26.0 Å². The number of likely N-dealkylation sites (tertiary alicyclic amines) is 1. The van der Waals surface area contributed by atoms with Gasteiger partial charge in [0.2, 0.25) is 11.8 Å². The number of hydrogen-bond acceptors (Lipinski definition) is 9. The number of nitrogens with zero attached hydrogens (tertiary/aromatic N) is 8. The lowest BCUT2D eigenvalue weighted by Gasteiger charge is -2.23. The Kier molecular flexibility index (Phi) is 6.21. The Morgan fingerprint density at radius 3 is 2.77 bits per heavy atom. The van der Waals surface area contributed by atoms with Crippen molar-refractivity contribution in [3.8, 4) is 10.6 Å². The smallest absolute Gasteiger partial charge is 0.270 e. The minimum atomic E-state index is -1.37. The quantitative estimate of drug-likeness (QED) is 0.316. The number of alkyl halides is 1. The van der Waals surface area contributed by atoms with Crippen molar-refractivity contribution in [1.82, 2.24) is 39.2 Å². The van der Waals surface area contributed by atoms with Gasteiger partial charge in [-0.2, -0.15) is 10.2 Å². The van der Waals surface area contributed by atoms with Crippen molar-refractivity contribution >= 4 is 50.9 Å². The number of pyridine rings is 1. The topological polar surface area (TPSA) is 166 Å². The van der Waals surface area contributed by atoms with Crippen LogP contribution in [0.15, 0.2) is 36.7 Å². The Hall–Kier alpha value is -4.79. The molecule has 6 heterocycles. The first-order valence-corrected chi connectivity index (χ1v) is 13.2. The average Bonchev–Trinajstić information content (AvgIpc) is 3.66. The molecule has 0 unspecified atom stereocenters. The molecular weight excluding hydrogens is 539 g/mol. The molecule has 0 aliphatic carbocycles. The van der Waals surface area contributed by atoms with Crippen LogP contribution in [0.25, 0.3) is 26.6 Å². The van der Waals surface area contributed by atoms with Gasteiger partial charge in [-0.25, -0.2) is 28.5 Å². The molecule has 6 rings (SSSR count). The van der Waals surface area contributed by atoms with Crippen LogP contribution in [0.1, 0.15) is 28.3 Å². The molecule has 0 spiro atoms. The van der Waals surface area contributed by atoms with Crippen LogP contribution in [0, 0.1) is 13.8 Å². The molecule has 40 heavy (non-hydrogen) atoms. The van der Waals surface area contributed by atoms with Crippen LogP contribution >= 0.6 is 11.3 Å². The number of nitrogens with one attached hydrogen (secondary N) is 1. The van der Waals surface area contributed by atoms with Gasteiger partial charge in [0.1, 0.15) is 34.3 Å². The summed E-state index contributed by atoms with van der Waals surface area (Å²) < 4.78 is 17.7. The number of thiazole rings is 1. The fourth-order valence-electron chi connectivity index (χ4n) is 4.71. The number of primary amides is 1. The molecule has 13 nitrogen and oxygen atoms in total. The van der Waals surface area contributed by atoms with Crippen molar-refractivity contribution < 1.29 is 18.8 Å². The Morgan fingerprint density at radius 1 is 1.18 bits per heavy atom. The van der Waals surface area contributed by atoms with Gasteiger partial charge >= 0.3 is 0 Å². The van der Waals surface area contributed by atoms with Crippen LogP contribution in [0.5, 0.6) is 0 Å². The summed E-state index contributed by atoms with van der Waals surface area (Å²) in [5.74, 6) is -1.56. The first kappa shape index (κ1) is 25.5. The summed E-state index contributed by atoms with van der Waals surface area (Å²) in [6.45, 7) is 3.02. The van der Waals surface area contributed by atoms with Crippen LogP contribution in [0.2, 0.25) is 0 Å². The summed E-state index contributed by atoms with van der Waals surface area (Å²) in [6, 6.07) is 5.93. The number of rotatable bonds is 6. The number of halogens is 1. The average molecular weight is 563 g/mol. The van der Waals surface area contributed by atoms with Crippen molar-refractivity contribution in [2.75, 3.05) is 11.9 Å². The summed E-state index contributed by atoms with van der Waals surface area (Å²) in [4.78, 5) is 52.9. The number of carbonyl (C=O) groups is 3. The van der Waals surface area contributed by atoms with Gasteiger partial charge in [0.15, 0.2) is 17.0 Å². The van der Waals surface area contributed by atoms with Crippen LogP contribution in [-0.4, -0.2) is 75.7 Å². The zero-order valence-corrected chi connectivity index (χ0v) is 22.2. The van der Waals surface area contributed by atoms with E-state index in [1.807, 2.05) is 13.0 Å². The van der Waals surface area contributed by atoms with Gasteiger partial charge in [0.05, 0.1) is 12.2 Å². The largest absolute Gasteiger partial charge is 0.364 e. The molecule has 204 valence electrons. The minimum Gasteiger partial charge on any atom is -0.364 e. The Balaban J connectivity index is 1.28. The van der Waals surface area contributed by atoms with Gasteiger partial charge in [-0.3, -0.25) is 14.4 Å². The highest BCUT2D eigenvalue weighted by atomic mass is 32.1. The molecule has 0 aromatic carbocycles. The van der Waals surface area contributed by atoms with Crippen LogP contribution in [0.4, 0.5) is 10.2 Å². The van der Waals surface area contributed by atoms with E-state index in [1.54, 1.807) is 42.0 Å². The number of anilines is 1. The maximum Gasteiger partial charge on any atom is 0.270 e. The SMILES string of the molecule is Cc1cccc(NC(=O)[C@@H]2C[C@@H](F)CN2C(=O)Cn2nc(C(N)=O)c3sc(-c4cnc5cc(C)nn5c4)nc32)n1. The van der Waals surface area contributed by atoms with E-state index in [1.165, 1.54) is 20.9 Å². The van der Waals surface area contributed by atoms with Gasteiger partial charge in [-0.15, -0.1) is 11.3 Å². The fraction of sp³-hybridized carbons (Fsp3) is 0.280. The van der Waals surface area contributed by atoms with E-state index in [0.717, 1.165) is 5.69 Å². The van der Waals surface area contributed by atoms with Crippen LogP contribution < -0.4 is 11.1 Å². The third-order valence-corrected chi connectivity index (χ3v) is 7.60. The number of aryl methyl sites for hydroxylation is 2. The van der Waals surface area contributed by atoms with E-state index >= 15 is 0 Å². The summed E-state index contributed by atoms with van der Waals surface area (Å²) in [6.07, 6.45) is 1.88. The zero-order valence-electron chi connectivity index (χ0n) is 21.4. The highest BCUT2D eigenvalue weighted by molar-refractivity contribution is 7.22. The van der Waals surface area contributed by atoms with Crippen molar-refractivity contribution in [1.29, 1.82) is 0 Å². The predicted molar refractivity (Wildman–Crippen MR) is 143 cm³/mol. The maximum absolute atomic E-state index is 14.5. The highest BCUT2D eigenvalue weighted by Gasteiger charge is 2.40. The number of fused-ring (bicyclic) bond motifs is 2. The number of aromatic nitrogens is 7. The molecule has 2 atom stereocenters. The molecule has 1 aliphatic heterocycles. The lowest BCUT2D eigenvalue weighted by Crippen LogP contribution is -2.44. The minimum absolute atomic E-state index is 0.0416. The maximum atomic E-state index is 14.5. The monoisotopic (exact) mass is 562 g/mol. The summed E-state index contributed by atoms with van der Waals surface area (Å²) in [7, 11) is 0.